The number of aryl methyl sites for hydroxylation is 1. The van der Waals surface area contributed by atoms with Crippen molar-refractivity contribution >= 4 is 39.2 Å². The molecular formula is C51H54N2O10S. The van der Waals surface area contributed by atoms with Gasteiger partial charge in [-0.25, -0.2) is 0 Å². The number of benzene rings is 5. The Bertz CT molecular complexity index is 2520. The summed E-state index contributed by atoms with van der Waals surface area (Å²) in [5, 5.41) is 1.01. The molecule has 0 unspecified atom stereocenters. The zero-order valence-corrected chi connectivity index (χ0v) is 37.4. The first-order chi connectivity index (χ1) is 30.9. The molecule has 0 aliphatic carbocycles. The number of rotatable bonds is 22. The number of nitrogens with zero attached hydrogens (tertiary/aromatic N) is 1. The van der Waals surface area contributed by atoms with E-state index in [0.29, 0.717) is 68.0 Å². The lowest BCUT2D eigenvalue weighted by atomic mass is 10.1. The van der Waals surface area contributed by atoms with E-state index in [4.69, 9.17) is 38.9 Å². The molecule has 0 bridgehead atoms. The van der Waals surface area contributed by atoms with Crippen LogP contribution in [0.5, 0.6) is 28.7 Å². The van der Waals surface area contributed by atoms with Crippen LogP contribution in [-0.2, 0) is 37.0 Å². The van der Waals surface area contributed by atoms with Crippen LogP contribution >= 0.6 is 11.3 Å². The van der Waals surface area contributed by atoms with Crippen LogP contribution in [0.1, 0.15) is 60.7 Å². The highest BCUT2D eigenvalue weighted by molar-refractivity contribution is 7.22. The molecule has 5 aromatic carbocycles. The van der Waals surface area contributed by atoms with E-state index in [-0.39, 0.29) is 31.9 Å². The minimum Gasteiger partial charge on any atom is -0.491 e. The van der Waals surface area contributed by atoms with Gasteiger partial charge >= 0.3 is 5.97 Å². The second-order valence-electron chi connectivity index (χ2n) is 16.3. The summed E-state index contributed by atoms with van der Waals surface area (Å²) in [4.78, 5) is 40.4. The molecule has 2 amide bonds. The number of carbonyl (C=O) groups excluding carboxylic acids is 3. The summed E-state index contributed by atoms with van der Waals surface area (Å²) in [6.45, 7) is 10.0. The van der Waals surface area contributed by atoms with E-state index in [9.17, 15) is 14.4 Å². The maximum Gasteiger partial charge on any atom is 0.306 e. The molecule has 6 aromatic rings. The molecule has 1 aromatic heterocycles. The van der Waals surface area contributed by atoms with Gasteiger partial charge in [-0.05, 0) is 99.8 Å². The van der Waals surface area contributed by atoms with Crippen LogP contribution < -0.4 is 24.7 Å². The Labute approximate surface area is 377 Å². The van der Waals surface area contributed by atoms with Crippen molar-refractivity contribution in [1.82, 2.24) is 4.90 Å². The van der Waals surface area contributed by atoms with Crippen LogP contribution in [0.4, 0.5) is 0 Å². The first kappa shape index (κ1) is 45.6. The third kappa shape index (κ3) is 12.2. The number of thiophene rings is 1. The van der Waals surface area contributed by atoms with Crippen LogP contribution in [0.3, 0.4) is 0 Å². The van der Waals surface area contributed by atoms with Gasteiger partial charge in [0.05, 0.1) is 37.8 Å². The summed E-state index contributed by atoms with van der Waals surface area (Å²) in [5.74, 6) is 2.02. The van der Waals surface area contributed by atoms with E-state index in [0.717, 1.165) is 37.6 Å². The average Bonchev–Trinajstić information content (AvgIpc) is 3.80. The number of nitrogens with two attached hydrogens (primary N) is 1. The first-order valence-corrected chi connectivity index (χ1v) is 22.2. The molecule has 12 nitrogen and oxygen atoms in total. The van der Waals surface area contributed by atoms with Crippen LogP contribution in [0.25, 0.3) is 20.5 Å². The Hall–Kier alpha value is -6.41. The smallest absolute Gasteiger partial charge is 0.306 e. The van der Waals surface area contributed by atoms with Gasteiger partial charge in [0.15, 0.2) is 5.75 Å². The van der Waals surface area contributed by atoms with Gasteiger partial charge in [0.1, 0.15) is 54.5 Å². The summed E-state index contributed by atoms with van der Waals surface area (Å²) in [6, 6.07) is 36.5. The summed E-state index contributed by atoms with van der Waals surface area (Å²) >= 11 is 1.68. The highest BCUT2D eigenvalue weighted by Gasteiger charge is 2.37. The van der Waals surface area contributed by atoms with Crippen molar-refractivity contribution in [3.05, 3.63) is 138 Å². The Morgan fingerprint density at radius 2 is 1.42 bits per heavy atom. The van der Waals surface area contributed by atoms with E-state index >= 15 is 0 Å². The Morgan fingerprint density at radius 1 is 0.750 bits per heavy atom. The fourth-order valence-electron chi connectivity index (χ4n) is 7.16. The number of hydrogen-bond donors (Lipinski definition) is 1. The molecule has 0 fully saturated rings. The maximum absolute atomic E-state index is 13.3. The van der Waals surface area contributed by atoms with Crippen LogP contribution in [-0.4, -0.2) is 74.0 Å². The highest BCUT2D eigenvalue weighted by Crippen LogP contribution is 2.47. The van der Waals surface area contributed by atoms with Gasteiger partial charge in [-0.3, -0.25) is 14.4 Å². The highest BCUT2D eigenvalue weighted by atomic mass is 32.1. The minimum atomic E-state index is -0.965. The van der Waals surface area contributed by atoms with Gasteiger partial charge in [0.2, 0.25) is 5.91 Å². The van der Waals surface area contributed by atoms with Gasteiger partial charge in [0.25, 0.3) is 5.91 Å². The van der Waals surface area contributed by atoms with E-state index in [2.05, 4.69) is 55.5 Å². The fraction of sp³-hybridized carbons (Fsp3) is 0.314. The second-order valence-corrected chi connectivity index (χ2v) is 17.4. The van der Waals surface area contributed by atoms with Gasteiger partial charge < -0.3 is 43.8 Å². The van der Waals surface area contributed by atoms with Crippen LogP contribution in [0.2, 0.25) is 0 Å². The van der Waals surface area contributed by atoms with Crippen molar-refractivity contribution in [2.24, 2.45) is 5.73 Å². The Balaban J connectivity index is 0.827. The maximum atomic E-state index is 13.3. The first-order valence-electron chi connectivity index (χ1n) is 21.3. The lowest BCUT2D eigenvalue weighted by Gasteiger charge is -2.26. The lowest BCUT2D eigenvalue weighted by Crippen LogP contribution is -2.45. The van der Waals surface area contributed by atoms with Crippen molar-refractivity contribution in [1.29, 1.82) is 0 Å². The average molecular weight is 887 g/mol. The third-order valence-corrected chi connectivity index (χ3v) is 11.5. The Kier molecular flexibility index (Phi) is 15.2. The molecule has 334 valence electrons. The molecule has 1 aliphatic heterocycles. The van der Waals surface area contributed by atoms with E-state index in [1.54, 1.807) is 50.3 Å². The minimum absolute atomic E-state index is 0.0490. The van der Waals surface area contributed by atoms with Crippen molar-refractivity contribution in [3.63, 3.8) is 0 Å². The number of primary amides is 1. The van der Waals surface area contributed by atoms with Gasteiger partial charge in [0, 0.05) is 27.6 Å². The summed E-state index contributed by atoms with van der Waals surface area (Å²) in [7, 11) is 0. The molecule has 13 heteroatoms. The molecule has 2 N–H and O–H groups in total. The molecule has 64 heavy (non-hydrogen) atoms. The molecule has 0 saturated heterocycles. The molecular weight excluding hydrogens is 833 g/mol. The predicted octanol–water partition coefficient (Wildman–Crippen LogP) is 9.67. The largest absolute Gasteiger partial charge is 0.491 e. The van der Waals surface area contributed by atoms with Crippen LogP contribution in [0.15, 0.2) is 115 Å². The molecule has 2 heterocycles. The number of ether oxygens (including phenoxy) is 7. The summed E-state index contributed by atoms with van der Waals surface area (Å²) < 4.78 is 42.5. The molecule has 7 rings (SSSR count). The Morgan fingerprint density at radius 3 is 2.12 bits per heavy atom. The number of esters is 1. The number of amides is 2. The zero-order valence-electron chi connectivity index (χ0n) is 36.6. The van der Waals surface area contributed by atoms with Crippen molar-refractivity contribution in [3.8, 4) is 39.2 Å². The quantitative estimate of drug-likeness (QED) is 0.0517. The molecule has 0 radical (unpaired) electrons. The number of hydrogen-bond acceptors (Lipinski definition) is 11. The van der Waals surface area contributed by atoms with Crippen molar-refractivity contribution < 1.29 is 47.5 Å². The predicted molar refractivity (Wildman–Crippen MR) is 246 cm³/mol. The molecule has 0 saturated carbocycles. The zero-order chi connectivity index (χ0) is 45.1. The lowest BCUT2D eigenvalue weighted by molar-refractivity contribution is -0.155. The topological polar surface area (TPSA) is 145 Å². The number of fused-ring (bicyclic) bond motifs is 2. The van der Waals surface area contributed by atoms with Crippen LogP contribution in [0, 0.1) is 6.92 Å². The normalized spacial score (nSPS) is 12.8. The van der Waals surface area contributed by atoms with Gasteiger partial charge in [-0.15, -0.1) is 11.3 Å². The number of carbonyl (C=O) groups is 3. The fourth-order valence-corrected chi connectivity index (χ4v) is 8.33. The second kappa shape index (κ2) is 21.3. The molecule has 0 spiro atoms. The summed E-state index contributed by atoms with van der Waals surface area (Å²) in [5.41, 5.74) is 9.50. The SMILES string of the molecule is Cc1ccc(-c2sc3cc(OCc4ccccc4)ccc3c2Oc2ccc(OCCOCCOCCOc3cccc4c3CN([C@@H](CCC(=O)OC(C)(C)C)C(N)=O)C4=O)cc2)cc1. The van der Waals surface area contributed by atoms with Gasteiger partial charge in [-0.2, -0.15) is 0 Å². The molecule has 1 atom stereocenters. The van der Waals surface area contributed by atoms with Gasteiger partial charge in [-0.1, -0.05) is 66.2 Å². The monoisotopic (exact) mass is 886 g/mol. The van der Waals surface area contributed by atoms with E-state index < -0.39 is 23.5 Å². The third-order valence-electron chi connectivity index (χ3n) is 10.3. The molecule has 1 aliphatic rings. The van der Waals surface area contributed by atoms with Crippen molar-refractivity contribution in [2.75, 3.05) is 39.6 Å². The van der Waals surface area contributed by atoms with Crippen molar-refractivity contribution in [2.45, 2.75) is 65.3 Å². The summed E-state index contributed by atoms with van der Waals surface area (Å²) in [6.07, 6.45) is 0.0108. The van der Waals surface area contributed by atoms with E-state index in [1.807, 2.05) is 48.5 Å². The van der Waals surface area contributed by atoms with E-state index in [1.165, 1.54) is 10.5 Å². The standard InChI is InChI=1S/C51H54N2O10S/c1-34-13-15-36(16-14-34)48-47(41-22-21-39(31-45(41)64-48)61-33-35-9-6-5-7-10-35)62-38-19-17-37(18-20-38)59-29-27-57-25-26-58-28-30-60-44-12-8-11-40-42(44)32-53(50(40)56)43(49(52)55)23-24-46(54)63-51(2,3)4/h5-22,31,43H,23-30,32-33H2,1-4H3,(H2,52,55)/t43-/m0/s1.